The second-order valence-electron chi connectivity index (χ2n) is 7.37. The number of carbonyl (C=O) groups is 1. The summed E-state index contributed by atoms with van der Waals surface area (Å²) in [5.41, 5.74) is 8.20. The SMILES string of the molecule is Cc1nc2c(C(N)=O)cc(-c3ccnc(C#N)c3)cc2n1-c1ccnc2c(F)ccc(F)c12. The van der Waals surface area contributed by atoms with Crippen molar-refractivity contribution in [3.63, 3.8) is 0 Å². The quantitative estimate of drug-likeness (QED) is 0.452. The highest BCUT2D eigenvalue weighted by Gasteiger charge is 2.21. The summed E-state index contributed by atoms with van der Waals surface area (Å²) in [5, 5.41) is 9.18. The van der Waals surface area contributed by atoms with Crippen LogP contribution in [0.1, 0.15) is 21.9 Å². The molecule has 0 aliphatic rings. The fourth-order valence-electron chi connectivity index (χ4n) is 3.99. The van der Waals surface area contributed by atoms with Crippen LogP contribution in [0.15, 0.2) is 54.9 Å². The first-order valence-corrected chi connectivity index (χ1v) is 9.81. The topological polar surface area (TPSA) is 110 Å². The van der Waals surface area contributed by atoms with E-state index < -0.39 is 17.5 Å². The van der Waals surface area contributed by atoms with Gasteiger partial charge in [0.1, 0.15) is 40.3 Å². The molecule has 3 heterocycles. The van der Waals surface area contributed by atoms with Crippen molar-refractivity contribution in [2.45, 2.75) is 6.92 Å². The maximum absolute atomic E-state index is 14.8. The number of carbonyl (C=O) groups excluding carboxylic acids is 1. The molecule has 33 heavy (non-hydrogen) atoms. The molecule has 0 fully saturated rings. The molecule has 7 nitrogen and oxygen atoms in total. The molecule has 0 spiro atoms. The van der Waals surface area contributed by atoms with E-state index >= 15 is 0 Å². The van der Waals surface area contributed by atoms with Crippen molar-refractivity contribution in [1.82, 2.24) is 19.5 Å². The Morgan fingerprint density at radius 1 is 1.00 bits per heavy atom. The molecular weight excluding hydrogens is 426 g/mol. The Morgan fingerprint density at radius 2 is 1.76 bits per heavy atom. The molecule has 5 rings (SSSR count). The average Bonchev–Trinajstić information content (AvgIpc) is 3.15. The van der Waals surface area contributed by atoms with Gasteiger partial charge in [-0.2, -0.15) is 5.26 Å². The molecule has 0 bridgehead atoms. The highest BCUT2D eigenvalue weighted by molar-refractivity contribution is 6.07. The molecule has 2 aromatic carbocycles. The van der Waals surface area contributed by atoms with Crippen molar-refractivity contribution in [2.24, 2.45) is 5.73 Å². The molecule has 0 aliphatic carbocycles. The third-order valence-electron chi connectivity index (χ3n) is 5.41. The van der Waals surface area contributed by atoms with Crippen LogP contribution in [0.25, 0.3) is 38.8 Å². The standard InChI is InChI=1S/C24H14F2N6O/c1-12-31-22-16(24(28)33)9-14(13-4-6-29-15(8-13)11-27)10-20(22)32(12)19-5-7-30-23-18(26)3-2-17(25)21(19)23/h2-10H,1H3,(H2,28,33). The first-order valence-electron chi connectivity index (χ1n) is 9.81. The second kappa shape index (κ2) is 7.46. The number of hydrogen-bond donors (Lipinski definition) is 1. The Bertz CT molecular complexity index is 1650. The van der Waals surface area contributed by atoms with Crippen molar-refractivity contribution in [3.05, 3.63) is 83.6 Å². The van der Waals surface area contributed by atoms with Crippen LogP contribution < -0.4 is 5.73 Å². The number of nitrogens with two attached hydrogens (primary N) is 1. The zero-order valence-corrected chi connectivity index (χ0v) is 17.2. The van der Waals surface area contributed by atoms with Crippen molar-refractivity contribution in [2.75, 3.05) is 0 Å². The van der Waals surface area contributed by atoms with Gasteiger partial charge in [-0.05, 0) is 60.5 Å². The summed E-state index contributed by atoms with van der Waals surface area (Å²) in [6.45, 7) is 1.69. The lowest BCUT2D eigenvalue weighted by Crippen LogP contribution is -2.12. The van der Waals surface area contributed by atoms with Gasteiger partial charge in [0, 0.05) is 12.4 Å². The molecule has 5 aromatic rings. The summed E-state index contributed by atoms with van der Waals surface area (Å²) in [6.07, 6.45) is 2.87. The first-order chi connectivity index (χ1) is 15.9. The third-order valence-corrected chi connectivity index (χ3v) is 5.41. The Hall–Kier alpha value is -4.71. The van der Waals surface area contributed by atoms with Gasteiger partial charge in [-0.15, -0.1) is 0 Å². The molecule has 0 saturated carbocycles. The number of nitriles is 1. The van der Waals surface area contributed by atoms with Gasteiger partial charge in [0.15, 0.2) is 0 Å². The minimum absolute atomic E-state index is 0.0124. The van der Waals surface area contributed by atoms with Crippen molar-refractivity contribution >= 4 is 27.8 Å². The van der Waals surface area contributed by atoms with Crippen LogP contribution in [0.2, 0.25) is 0 Å². The van der Waals surface area contributed by atoms with Gasteiger partial charge in [-0.3, -0.25) is 14.3 Å². The number of amides is 1. The third kappa shape index (κ3) is 3.16. The predicted octanol–water partition coefficient (Wildman–Crippen LogP) is 4.19. The highest BCUT2D eigenvalue weighted by Crippen LogP contribution is 2.33. The number of aryl methyl sites for hydroxylation is 1. The largest absolute Gasteiger partial charge is 0.366 e. The predicted molar refractivity (Wildman–Crippen MR) is 117 cm³/mol. The average molecular weight is 440 g/mol. The lowest BCUT2D eigenvalue weighted by atomic mass is 10.0. The van der Waals surface area contributed by atoms with Crippen LogP contribution in [0, 0.1) is 29.9 Å². The van der Waals surface area contributed by atoms with Gasteiger partial charge in [-0.25, -0.2) is 18.7 Å². The number of aromatic nitrogens is 4. The molecule has 0 saturated heterocycles. The summed E-state index contributed by atoms with van der Waals surface area (Å²) >= 11 is 0. The normalized spacial score (nSPS) is 11.1. The number of imidazole rings is 1. The molecular formula is C24H14F2N6O. The molecule has 160 valence electrons. The fourth-order valence-corrected chi connectivity index (χ4v) is 3.99. The number of pyridine rings is 2. The summed E-state index contributed by atoms with van der Waals surface area (Å²) in [6, 6.07) is 12.2. The van der Waals surface area contributed by atoms with Crippen LogP contribution in [-0.4, -0.2) is 25.4 Å². The molecule has 0 atom stereocenters. The summed E-state index contributed by atoms with van der Waals surface area (Å²) in [7, 11) is 0. The van der Waals surface area contributed by atoms with E-state index in [1.54, 1.807) is 41.8 Å². The van der Waals surface area contributed by atoms with Gasteiger partial charge in [-0.1, -0.05) is 0 Å². The molecule has 2 N–H and O–H groups in total. The van der Waals surface area contributed by atoms with Crippen LogP contribution >= 0.6 is 0 Å². The number of rotatable bonds is 3. The number of nitrogens with zero attached hydrogens (tertiary/aromatic N) is 5. The van der Waals surface area contributed by atoms with E-state index in [2.05, 4.69) is 15.0 Å². The zero-order valence-electron chi connectivity index (χ0n) is 17.2. The van der Waals surface area contributed by atoms with Crippen molar-refractivity contribution in [3.8, 4) is 22.9 Å². The summed E-state index contributed by atoms with van der Waals surface area (Å²) in [4.78, 5) is 24.7. The smallest absolute Gasteiger partial charge is 0.250 e. The highest BCUT2D eigenvalue weighted by atomic mass is 19.1. The number of primary amides is 1. The molecule has 9 heteroatoms. The van der Waals surface area contributed by atoms with Gasteiger partial charge in [0.25, 0.3) is 5.91 Å². The Kier molecular flexibility index (Phi) is 4.57. The number of fused-ring (bicyclic) bond motifs is 2. The lowest BCUT2D eigenvalue weighted by Gasteiger charge is -2.13. The van der Waals surface area contributed by atoms with E-state index in [1.807, 2.05) is 6.07 Å². The summed E-state index contributed by atoms with van der Waals surface area (Å²) < 4.78 is 30.8. The van der Waals surface area contributed by atoms with Gasteiger partial charge < -0.3 is 5.73 Å². The van der Waals surface area contributed by atoms with Crippen LogP contribution in [-0.2, 0) is 0 Å². The minimum Gasteiger partial charge on any atom is -0.366 e. The fraction of sp³-hybridized carbons (Fsp3) is 0.0417. The molecule has 0 radical (unpaired) electrons. The first kappa shape index (κ1) is 20.2. The van der Waals surface area contributed by atoms with E-state index in [0.29, 0.717) is 33.7 Å². The van der Waals surface area contributed by atoms with Crippen molar-refractivity contribution < 1.29 is 13.6 Å². The number of benzene rings is 2. The van der Waals surface area contributed by atoms with E-state index in [9.17, 15) is 18.8 Å². The maximum atomic E-state index is 14.8. The summed E-state index contributed by atoms with van der Waals surface area (Å²) in [5.74, 6) is -1.56. The van der Waals surface area contributed by atoms with Crippen molar-refractivity contribution in [1.29, 1.82) is 5.26 Å². The Balaban J connectivity index is 1.89. The Labute approximate surface area is 185 Å². The monoisotopic (exact) mass is 440 g/mol. The number of halogens is 2. The van der Waals surface area contributed by atoms with Gasteiger partial charge in [0.05, 0.1) is 22.2 Å². The van der Waals surface area contributed by atoms with E-state index in [4.69, 9.17) is 5.73 Å². The molecule has 1 amide bonds. The molecule has 0 unspecified atom stereocenters. The Morgan fingerprint density at radius 3 is 2.52 bits per heavy atom. The molecule has 0 aliphatic heterocycles. The molecule has 3 aromatic heterocycles. The minimum atomic E-state index is -0.696. The van der Waals surface area contributed by atoms with E-state index in [-0.39, 0.29) is 22.2 Å². The number of hydrogen-bond acceptors (Lipinski definition) is 5. The van der Waals surface area contributed by atoms with E-state index in [0.717, 1.165) is 12.1 Å². The van der Waals surface area contributed by atoms with Gasteiger partial charge in [0.2, 0.25) is 0 Å². The van der Waals surface area contributed by atoms with E-state index in [1.165, 1.54) is 12.4 Å². The second-order valence-corrected chi connectivity index (χ2v) is 7.37. The van der Waals surface area contributed by atoms with Crippen LogP contribution in [0.4, 0.5) is 8.78 Å². The van der Waals surface area contributed by atoms with Crippen LogP contribution in [0.5, 0.6) is 0 Å². The van der Waals surface area contributed by atoms with Crippen LogP contribution in [0.3, 0.4) is 0 Å². The zero-order chi connectivity index (χ0) is 23.3. The van der Waals surface area contributed by atoms with Gasteiger partial charge >= 0.3 is 0 Å². The maximum Gasteiger partial charge on any atom is 0.250 e. The lowest BCUT2D eigenvalue weighted by molar-refractivity contribution is 0.100.